The van der Waals surface area contributed by atoms with Crippen LogP contribution in [0.4, 0.5) is 0 Å². The molecule has 1 nitrogen and oxygen atoms in total. The van der Waals surface area contributed by atoms with E-state index in [1.165, 1.54) is 37.7 Å². The highest BCUT2D eigenvalue weighted by atomic mass is 16.5. The number of benzene rings is 1. The fourth-order valence-electron chi connectivity index (χ4n) is 3.45. The van der Waals surface area contributed by atoms with Gasteiger partial charge in [-0.2, -0.15) is 0 Å². The van der Waals surface area contributed by atoms with E-state index in [1.54, 1.807) is 0 Å². The molecule has 1 saturated carbocycles. The summed E-state index contributed by atoms with van der Waals surface area (Å²) in [5.41, 5.74) is 2.07. The average molecular weight is 274 g/mol. The molecule has 1 aromatic carbocycles. The minimum absolute atomic E-state index is 0.357. The standard InChI is InChI=1S/C19H30O/c1-16-10-6-7-11-17(16)20-15-14-18(2,3)19(4)12-8-5-9-13-19/h6-7,10-11H,5,8-9,12-15H2,1-4H3. The van der Waals surface area contributed by atoms with Gasteiger partial charge in [0.15, 0.2) is 0 Å². The van der Waals surface area contributed by atoms with Crippen molar-refractivity contribution in [2.75, 3.05) is 6.61 Å². The second kappa shape index (κ2) is 6.20. The van der Waals surface area contributed by atoms with Crippen LogP contribution < -0.4 is 4.74 Å². The summed E-state index contributed by atoms with van der Waals surface area (Å²) in [6.07, 6.45) is 8.12. The summed E-state index contributed by atoms with van der Waals surface area (Å²) in [6.45, 7) is 10.3. The Morgan fingerprint density at radius 1 is 1.10 bits per heavy atom. The van der Waals surface area contributed by atoms with Crippen molar-refractivity contribution in [3.05, 3.63) is 29.8 Å². The first-order valence-corrected chi connectivity index (χ1v) is 8.13. The number of para-hydroxylation sites is 1. The molecule has 112 valence electrons. The van der Waals surface area contributed by atoms with Gasteiger partial charge in [0, 0.05) is 0 Å². The van der Waals surface area contributed by atoms with Crippen molar-refractivity contribution in [1.29, 1.82) is 0 Å². The van der Waals surface area contributed by atoms with E-state index in [9.17, 15) is 0 Å². The molecule has 1 fully saturated rings. The lowest BCUT2D eigenvalue weighted by atomic mass is 9.58. The lowest BCUT2D eigenvalue weighted by Crippen LogP contribution is -2.38. The smallest absolute Gasteiger partial charge is 0.122 e. The van der Waals surface area contributed by atoms with Crippen LogP contribution in [0.3, 0.4) is 0 Å². The van der Waals surface area contributed by atoms with Crippen LogP contribution in [0.5, 0.6) is 5.75 Å². The fourth-order valence-corrected chi connectivity index (χ4v) is 3.45. The Morgan fingerprint density at radius 3 is 2.40 bits per heavy atom. The minimum Gasteiger partial charge on any atom is -0.493 e. The Morgan fingerprint density at radius 2 is 1.75 bits per heavy atom. The maximum absolute atomic E-state index is 6.01. The predicted molar refractivity (Wildman–Crippen MR) is 86.3 cm³/mol. The van der Waals surface area contributed by atoms with Crippen molar-refractivity contribution in [3.63, 3.8) is 0 Å². The molecule has 1 heteroatoms. The van der Waals surface area contributed by atoms with Gasteiger partial charge in [-0.1, -0.05) is 58.2 Å². The lowest BCUT2D eigenvalue weighted by molar-refractivity contribution is 0.0250. The van der Waals surface area contributed by atoms with Gasteiger partial charge in [-0.05, 0) is 48.6 Å². The maximum Gasteiger partial charge on any atom is 0.122 e. The van der Waals surface area contributed by atoms with Crippen LogP contribution in [0.2, 0.25) is 0 Å². The van der Waals surface area contributed by atoms with E-state index < -0.39 is 0 Å². The van der Waals surface area contributed by atoms with E-state index in [4.69, 9.17) is 4.74 Å². The highest BCUT2D eigenvalue weighted by molar-refractivity contribution is 5.31. The molecule has 0 spiro atoms. The maximum atomic E-state index is 6.01. The second-order valence-electron chi connectivity index (χ2n) is 7.37. The number of ether oxygens (including phenoxy) is 1. The SMILES string of the molecule is Cc1ccccc1OCCC(C)(C)C1(C)CCCCC1. The van der Waals surface area contributed by atoms with Crippen LogP contribution in [0, 0.1) is 17.8 Å². The van der Waals surface area contributed by atoms with E-state index in [1.807, 2.05) is 0 Å². The molecule has 1 aliphatic carbocycles. The summed E-state index contributed by atoms with van der Waals surface area (Å²) in [4.78, 5) is 0. The summed E-state index contributed by atoms with van der Waals surface area (Å²) < 4.78 is 6.01. The fraction of sp³-hybridized carbons (Fsp3) is 0.684. The van der Waals surface area contributed by atoms with Crippen LogP contribution in [0.1, 0.15) is 64.9 Å². The third kappa shape index (κ3) is 3.37. The molecule has 0 atom stereocenters. The highest BCUT2D eigenvalue weighted by Gasteiger charge is 2.41. The van der Waals surface area contributed by atoms with Gasteiger partial charge < -0.3 is 4.74 Å². The van der Waals surface area contributed by atoms with Crippen LogP contribution >= 0.6 is 0 Å². The summed E-state index contributed by atoms with van der Waals surface area (Å²) in [6, 6.07) is 8.30. The quantitative estimate of drug-likeness (QED) is 0.663. The molecule has 2 rings (SSSR count). The van der Waals surface area contributed by atoms with Gasteiger partial charge in [0.2, 0.25) is 0 Å². The molecule has 0 aliphatic heterocycles. The first-order valence-electron chi connectivity index (χ1n) is 8.13. The number of aryl methyl sites for hydroxylation is 1. The van der Waals surface area contributed by atoms with E-state index in [0.29, 0.717) is 10.8 Å². The van der Waals surface area contributed by atoms with Crippen LogP contribution in [0.15, 0.2) is 24.3 Å². The zero-order valence-electron chi connectivity index (χ0n) is 13.7. The molecule has 0 saturated heterocycles. The van der Waals surface area contributed by atoms with Crippen molar-refractivity contribution >= 4 is 0 Å². The first-order chi connectivity index (χ1) is 9.45. The average Bonchev–Trinajstić information content (AvgIpc) is 2.41. The van der Waals surface area contributed by atoms with Gasteiger partial charge in [0.1, 0.15) is 5.75 Å². The van der Waals surface area contributed by atoms with Crippen molar-refractivity contribution in [2.45, 2.75) is 66.2 Å². The molecule has 0 N–H and O–H groups in total. The topological polar surface area (TPSA) is 9.23 Å². The third-order valence-corrected chi connectivity index (χ3v) is 5.67. The van der Waals surface area contributed by atoms with Crippen LogP contribution in [0.25, 0.3) is 0 Å². The second-order valence-corrected chi connectivity index (χ2v) is 7.37. The molecular weight excluding hydrogens is 244 g/mol. The van der Waals surface area contributed by atoms with Gasteiger partial charge in [0.25, 0.3) is 0 Å². The Labute approximate surface area is 124 Å². The minimum atomic E-state index is 0.357. The monoisotopic (exact) mass is 274 g/mol. The van der Waals surface area contributed by atoms with Gasteiger partial charge in [-0.15, -0.1) is 0 Å². The summed E-state index contributed by atoms with van der Waals surface area (Å²) in [5, 5.41) is 0. The molecule has 0 unspecified atom stereocenters. The molecule has 0 amide bonds. The molecular formula is C19H30O. The van der Waals surface area contributed by atoms with Crippen molar-refractivity contribution in [1.82, 2.24) is 0 Å². The van der Waals surface area contributed by atoms with Gasteiger partial charge in [0.05, 0.1) is 6.61 Å². The van der Waals surface area contributed by atoms with E-state index in [2.05, 4.69) is 52.0 Å². The number of hydrogen-bond acceptors (Lipinski definition) is 1. The Balaban J connectivity index is 1.90. The molecule has 0 radical (unpaired) electrons. The van der Waals surface area contributed by atoms with E-state index >= 15 is 0 Å². The zero-order valence-corrected chi connectivity index (χ0v) is 13.7. The predicted octanol–water partition coefficient (Wildman–Crippen LogP) is 5.76. The van der Waals surface area contributed by atoms with Crippen molar-refractivity contribution in [3.8, 4) is 5.75 Å². The third-order valence-electron chi connectivity index (χ3n) is 5.67. The summed E-state index contributed by atoms with van der Waals surface area (Å²) in [7, 11) is 0. The molecule has 0 aromatic heterocycles. The molecule has 20 heavy (non-hydrogen) atoms. The summed E-state index contributed by atoms with van der Waals surface area (Å²) >= 11 is 0. The van der Waals surface area contributed by atoms with Crippen LogP contribution in [-0.2, 0) is 0 Å². The lowest BCUT2D eigenvalue weighted by Gasteiger charge is -2.47. The molecule has 1 aromatic rings. The summed E-state index contributed by atoms with van der Waals surface area (Å²) in [5.74, 6) is 1.04. The van der Waals surface area contributed by atoms with Crippen molar-refractivity contribution in [2.24, 2.45) is 10.8 Å². The number of hydrogen-bond donors (Lipinski definition) is 0. The molecule has 0 heterocycles. The normalized spacial score (nSPS) is 18.8. The van der Waals surface area contributed by atoms with Crippen molar-refractivity contribution < 1.29 is 4.74 Å². The molecule has 1 aliphatic rings. The van der Waals surface area contributed by atoms with E-state index in [-0.39, 0.29) is 0 Å². The Bertz CT molecular complexity index is 427. The van der Waals surface area contributed by atoms with Gasteiger partial charge >= 0.3 is 0 Å². The zero-order chi connectivity index (χ0) is 14.6. The first kappa shape index (κ1) is 15.4. The van der Waals surface area contributed by atoms with Gasteiger partial charge in [-0.25, -0.2) is 0 Å². The largest absolute Gasteiger partial charge is 0.493 e. The van der Waals surface area contributed by atoms with Crippen LogP contribution in [-0.4, -0.2) is 6.61 Å². The molecule has 0 bridgehead atoms. The Kier molecular flexibility index (Phi) is 4.78. The highest BCUT2D eigenvalue weighted by Crippen LogP contribution is 2.51. The number of rotatable bonds is 5. The Hall–Kier alpha value is -0.980. The van der Waals surface area contributed by atoms with Gasteiger partial charge in [-0.3, -0.25) is 0 Å². The van der Waals surface area contributed by atoms with E-state index in [0.717, 1.165) is 18.8 Å².